The lowest BCUT2D eigenvalue weighted by molar-refractivity contribution is -0.156. The van der Waals surface area contributed by atoms with Crippen molar-refractivity contribution >= 4 is 5.91 Å². The molecule has 1 amide bonds. The summed E-state index contributed by atoms with van der Waals surface area (Å²) in [6.45, 7) is 5.87. The zero-order chi connectivity index (χ0) is 11.3. The highest BCUT2D eigenvalue weighted by Gasteiger charge is 2.41. The molecule has 0 aromatic heterocycles. The maximum atomic E-state index is 12.2. The summed E-state index contributed by atoms with van der Waals surface area (Å²) in [5, 5.41) is 3.23. The number of carbonyl (C=O) groups excluding carboxylic acids is 1. The van der Waals surface area contributed by atoms with Crippen LogP contribution in [-0.4, -0.2) is 50.2 Å². The summed E-state index contributed by atoms with van der Waals surface area (Å²) < 4.78 is 5.44. The van der Waals surface area contributed by atoms with Crippen LogP contribution in [0, 0.1) is 0 Å². The molecular weight excluding hydrogens is 192 g/mol. The van der Waals surface area contributed by atoms with Crippen LogP contribution in [0.25, 0.3) is 0 Å². The Hall–Kier alpha value is -0.870. The molecule has 1 fully saturated rings. The first-order valence-corrected chi connectivity index (χ1v) is 5.28. The third-order valence-corrected chi connectivity index (χ3v) is 2.94. The number of likely N-dealkylation sites (N-methyl/N-ethyl adjacent to an activating group) is 1. The van der Waals surface area contributed by atoms with E-state index in [4.69, 9.17) is 4.74 Å². The van der Waals surface area contributed by atoms with Gasteiger partial charge in [-0.15, -0.1) is 6.58 Å². The molecule has 1 aliphatic heterocycles. The average Bonchev–Trinajstić information content (AvgIpc) is 2.29. The smallest absolute Gasteiger partial charge is 0.254 e. The molecule has 0 aromatic rings. The number of piperidine rings is 1. The summed E-state index contributed by atoms with van der Waals surface area (Å²) in [6, 6.07) is 0. The van der Waals surface area contributed by atoms with E-state index in [9.17, 15) is 4.79 Å². The lowest BCUT2D eigenvalue weighted by atomic mass is 9.90. The van der Waals surface area contributed by atoms with Gasteiger partial charge in [-0.3, -0.25) is 4.79 Å². The topological polar surface area (TPSA) is 41.6 Å². The Morgan fingerprint density at radius 3 is 2.67 bits per heavy atom. The zero-order valence-corrected chi connectivity index (χ0v) is 9.58. The first-order chi connectivity index (χ1) is 7.16. The fraction of sp³-hybridized carbons (Fsp3) is 0.727. The number of carbonyl (C=O) groups is 1. The lowest BCUT2D eigenvalue weighted by Crippen LogP contribution is -2.54. The van der Waals surface area contributed by atoms with Crippen molar-refractivity contribution in [2.24, 2.45) is 0 Å². The highest BCUT2D eigenvalue weighted by atomic mass is 16.5. The number of rotatable bonds is 4. The Morgan fingerprint density at radius 1 is 1.60 bits per heavy atom. The zero-order valence-electron chi connectivity index (χ0n) is 9.58. The van der Waals surface area contributed by atoms with Crippen LogP contribution in [0.3, 0.4) is 0 Å². The van der Waals surface area contributed by atoms with E-state index in [2.05, 4.69) is 11.9 Å². The molecule has 1 aliphatic rings. The Balaban J connectivity index is 2.71. The number of amides is 1. The Kier molecular flexibility index (Phi) is 4.29. The fourth-order valence-electron chi connectivity index (χ4n) is 1.96. The lowest BCUT2D eigenvalue weighted by Gasteiger charge is -2.37. The molecule has 15 heavy (non-hydrogen) atoms. The summed E-state index contributed by atoms with van der Waals surface area (Å²) >= 11 is 0. The van der Waals surface area contributed by atoms with E-state index < -0.39 is 5.60 Å². The van der Waals surface area contributed by atoms with E-state index in [0.717, 1.165) is 25.9 Å². The van der Waals surface area contributed by atoms with Gasteiger partial charge >= 0.3 is 0 Å². The van der Waals surface area contributed by atoms with Gasteiger partial charge in [-0.05, 0) is 25.9 Å². The Morgan fingerprint density at radius 2 is 2.20 bits per heavy atom. The van der Waals surface area contributed by atoms with Gasteiger partial charge < -0.3 is 15.0 Å². The van der Waals surface area contributed by atoms with Crippen LogP contribution in [0.15, 0.2) is 12.7 Å². The first-order valence-electron chi connectivity index (χ1n) is 5.28. The molecule has 0 saturated carbocycles. The molecule has 0 aliphatic carbocycles. The minimum atomic E-state index is -0.622. The highest BCUT2D eigenvalue weighted by Crippen LogP contribution is 2.24. The van der Waals surface area contributed by atoms with Gasteiger partial charge in [-0.1, -0.05) is 6.08 Å². The van der Waals surface area contributed by atoms with Gasteiger partial charge in [0.05, 0.1) is 0 Å². The van der Waals surface area contributed by atoms with Gasteiger partial charge in [0, 0.05) is 20.7 Å². The minimum absolute atomic E-state index is 0.0615. The summed E-state index contributed by atoms with van der Waals surface area (Å²) in [5.74, 6) is 0.0615. The van der Waals surface area contributed by atoms with Crippen molar-refractivity contribution in [1.82, 2.24) is 10.2 Å². The first kappa shape index (κ1) is 12.2. The molecule has 0 bridgehead atoms. The van der Waals surface area contributed by atoms with E-state index in [1.54, 1.807) is 25.1 Å². The molecular formula is C11H20N2O2. The minimum Gasteiger partial charge on any atom is -0.368 e. The van der Waals surface area contributed by atoms with E-state index in [0.29, 0.717) is 6.54 Å². The number of hydrogen-bond donors (Lipinski definition) is 1. The van der Waals surface area contributed by atoms with Crippen molar-refractivity contribution in [3.63, 3.8) is 0 Å². The molecule has 4 nitrogen and oxygen atoms in total. The Bertz CT molecular complexity index is 235. The number of ether oxygens (including phenoxy) is 1. The van der Waals surface area contributed by atoms with Crippen LogP contribution in [-0.2, 0) is 9.53 Å². The van der Waals surface area contributed by atoms with Crippen LogP contribution in [0.2, 0.25) is 0 Å². The second-order valence-corrected chi connectivity index (χ2v) is 3.92. The van der Waals surface area contributed by atoms with Crippen molar-refractivity contribution in [3.05, 3.63) is 12.7 Å². The normalized spacial score (nSPS) is 19.6. The summed E-state index contributed by atoms with van der Waals surface area (Å²) in [5.41, 5.74) is -0.622. The molecule has 0 spiro atoms. The summed E-state index contributed by atoms with van der Waals surface area (Å²) in [4.78, 5) is 13.8. The molecule has 1 rings (SSSR count). The number of nitrogens with zero attached hydrogens (tertiary/aromatic N) is 1. The van der Waals surface area contributed by atoms with Gasteiger partial charge in [-0.25, -0.2) is 0 Å². The monoisotopic (exact) mass is 212 g/mol. The molecule has 0 aromatic carbocycles. The second-order valence-electron chi connectivity index (χ2n) is 3.92. The molecule has 1 heterocycles. The maximum Gasteiger partial charge on any atom is 0.254 e. The summed E-state index contributed by atoms with van der Waals surface area (Å²) in [6.07, 6.45) is 3.20. The molecule has 86 valence electrons. The quantitative estimate of drug-likeness (QED) is 0.686. The van der Waals surface area contributed by atoms with E-state index in [1.807, 2.05) is 0 Å². The van der Waals surface area contributed by atoms with Crippen LogP contribution >= 0.6 is 0 Å². The van der Waals surface area contributed by atoms with E-state index in [-0.39, 0.29) is 5.91 Å². The SMILES string of the molecule is C=CCN(C)C(=O)C1(OC)CCNCC1. The van der Waals surface area contributed by atoms with Crippen molar-refractivity contribution in [3.8, 4) is 0 Å². The van der Waals surface area contributed by atoms with Gasteiger partial charge in [0.15, 0.2) is 0 Å². The highest BCUT2D eigenvalue weighted by molar-refractivity contribution is 5.85. The van der Waals surface area contributed by atoms with Crippen molar-refractivity contribution in [1.29, 1.82) is 0 Å². The van der Waals surface area contributed by atoms with Gasteiger partial charge in [-0.2, -0.15) is 0 Å². The molecule has 1 N–H and O–H groups in total. The van der Waals surface area contributed by atoms with E-state index in [1.165, 1.54) is 0 Å². The van der Waals surface area contributed by atoms with Gasteiger partial charge in [0.25, 0.3) is 5.91 Å². The number of hydrogen-bond acceptors (Lipinski definition) is 3. The Labute approximate surface area is 91.3 Å². The van der Waals surface area contributed by atoms with Crippen molar-refractivity contribution < 1.29 is 9.53 Å². The molecule has 4 heteroatoms. The van der Waals surface area contributed by atoms with Crippen LogP contribution < -0.4 is 5.32 Å². The summed E-state index contributed by atoms with van der Waals surface area (Å²) in [7, 11) is 3.40. The second kappa shape index (κ2) is 5.28. The third-order valence-electron chi connectivity index (χ3n) is 2.94. The molecule has 0 atom stereocenters. The predicted octanol–water partition coefficient (Wildman–Crippen LogP) is 0.399. The van der Waals surface area contributed by atoms with Gasteiger partial charge in [0.2, 0.25) is 0 Å². The average molecular weight is 212 g/mol. The standard InChI is InChI=1S/C11H20N2O2/c1-4-9-13(2)10(14)11(15-3)5-7-12-8-6-11/h4,12H,1,5-9H2,2-3H3. The predicted molar refractivity (Wildman–Crippen MR) is 59.7 cm³/mol. The van der Waals surface area contributed by atoms with Crippen molar-refractivity contribution in [2.45, 2.75) is 18.4 Å². The number of methoxy groups -OCH3 is 1. The van der Waals surface area contributed by atoms with Crippen LogP contribution in [0.4, 0.5) is 0 Å². The maximum absolute atomic E-state index is 12.2. The van der Waals surface area contributed by atoms with Gasteiger partial charge in [0.1, 0.15) is 5.60 Å². The molecule has 0 radical (unpaired) electrons. The van der Waals surface area contributed by atoms with Crippen LogP contribution in [0.1, 0.15) is 12.8 Å². The number of nitrogens with one attached hydrogen (secondary N) is 1. The van der Waals surface area contributed by atoms with Crippen molar-refractivity contribution in [2.75, 3.05) is 33.8 Å². The largest absolute Gasteiger partial charge is 0.368 e. The third kappa shape index (κ3) is 2.58. The molecule has 1 saturated heterocycles. The fourth-order valence-corrected chi connectivity index (χ4v) is 1.96. The van der Waals surface area contributed by atoms with Crippen LogP contribution in [0.5, 0.6) is 0 Å². The van der Waals surface area contributed by atoms with E-state index >= 15 is 0 Å². The molecule has 0 unspecified atom stereocenters.